The van der Waals surface area contributed by atoms with Gasteiger partial charge in [-0.05, 0) is 13.5 Å². The minimum absolute atomic E-state index is 0.633. The van der Waals surface area contributed by atoms with Crippen LogP contribution < -0.4 is 5.32 Å². The molecule has 0 aromatic carbocycles. The predicted octanol–water partition coefficient (Wildman–Crippen LogP) is -0.0735. The number of rotatable bonds is 3. The van der Waals surface area contributed by atoms with Crippen molar-refractivity contribution in [3.63, 3.8) is 0 Å². The first-order valence-corrected chi connectivity index (χ1v) is 4.24. The Labute approximate surface area is 68.7 Å². The van der Waals surface area contributed by atoms with E-state index in [4.69, 9.17) is 4.74 Å². The molecule has 0 aliphatic carbocycles. The summed E-state index contributed by atoms with van der Waals surface area (Å²) in [4.78, 5) is 2.36. The first-order valence-electron chi connectivity index (χ1n) is 4.24. The highest BCUT2D eigenvalue weighted by Crippen LogP contribution is 1.99. The first kappa shape index (κ1) is 8.97. The minimum Gasteiger partial charge on any atom is -0.385 e. The molecule has 0 saturated carbocycles. The van der Waals surface area contributed by atoms with E-state index >= 15 is 0 Å². The average Bonchev–Trinajstić information content (AvgIpc) is 2.01. The summed E-state index contributed by atoms with van der Waals surface area (Å²) < 4.78 is 5.02. The maximum atomic E-state index is 5.02. The largest absolute Gasteiger partial charge is 0.385 e. The molecule has 0 radical (unpaired) electrons. The van der Waals surface area contributed by atoms with Gasteiger partial charge in [0.05, 0.1) is 0 Å². The Balaban J connectivity index is 2.12. The molecule has 1 heterocycles. The zero-order valence-electron chi connectivity index (χ0n) is 7.47. The number of methoxy groups -OCH3 is 1. The van der Waals surface area contributed by atoms with Crippen LogP contribution in [-0.4, -0.2) is 51.3 Å². The SMILES string of the molecule is COCCC1CN(C)CCN1. The number of ether oxygens (including phenoxy) is 1. The molecule has 1 atom stereocenters. The molecule has 1 rings (SSSR count). The molecule has 3 heteroatoms. The van der Waals surface area contributed by atoms with Gasteiger partial charge in [-0.1, -0.05) is 0 Å². The Morgan fingerprint density at radius 2 is 2.45 bits per heavy atom. The molecule has 1 saturated heterocycles. The zero-order chi connectivity index (χ0) is 8.10. The summed E-state index contributed by atoms with van der Waals surface area (Å²) in [7, 11) is 3.92. The first-order chi connectivity index (χ1) is 5.33. The average molecular weight is 158 g/mol. The van der Waals surface area contributed by atoms with Crippen LogP contribution in [0.5, 0.6) is 0 Å². The van der Waals surface area contributed by atoms with E-state index in [1.165, 1.54) is 6.54 Å². The highest BCUT2D eigenvalue weighted by atomic mass is 16.5. The number of likely N-dealkylation sites (N-methyl/N-ethyl adjacent to an activating group) is 1. The van der Waals surface area contributed by atoms with Gasteiger partial charge in [-0.15, -0.1) is 0 Å². The molecule has 0 spiro atoms. The Morgan fingerprint density at radius 1 is 1.64 bits per heavy atom. The van der Waals surface area contributed by atoms with Gasteiger partial charge in [-0.3, -0.25) is 0 Å². The van der Waals surface area contributed by atoms with Crippen molar-refractivity contribution in [3.8, 4) is 0 Å². The maximum Gasteiger partial charge on any atom is 0.0477 e. The van der Waals surface area contributed by atoms with E-state index in [1.54, 1.807) is 7.11 Å². The van der Waals surface area contributed by atoms with Gasteiger partial charge in [0.25, 0.3) is 0 Å². The van der Waals surface area contributed by atoms with Crippen LogP contribution in [0, 0.1) is 0 Å². The van der Waals surface area contributed by atoms with Gasteiger partial charge in [0.1, 0.15) is 0 Å². The van der Waals surface area contributed by atoms with Crippen LogP contribution in [0.3, 0.4) is 0 Å². The van der Waals surface area contributed by atoms with Gasteiger partial charge >= 0.3 is 0 Å². The summed E-state index contributed by atoms with van der Waals surface area (Å²) in [5, 5.41) is 3.46. The molecule has 0 aromatic rings. The smallest absolute Gasteiger partial charge is 0.0477 e. The second-order valence-electron chi connectivity index (χ2n) is 3.19. The van der Waals surface area contributed by atoms with E-state index in [9.17, 15) is 0 Å². The standard InChI is InChI=1S/C8H18N2O/c1-10-5-4-9-8(7-10)3-6-11-2/h8-9H,3-7H2,1-2H3. The van der Waals surface area contributed by atoms with E-state index in [2.05, 4.69) is 17.3 Å². The van der Waals surface area contributed by atoms with Gasteiger partial charge in [-0.25, -0.2) is 0 Å². The molecule has 1 fully saturated rings. The molecule has 0 bridgehead atoms. The molecule has 66 valence electrons. The molecular formula is C8H18N2O. The maximum absolute atomic E-state index is 5.02. The highest BCUT2D eigenvalue weighted by molar-refractivity contribution is 4.75. The summed E-state index contributed by atoms with van der Waals surface area (Å²) >= 11 is 0. The summed E-state index contributed by atoms with van der Waals surface area (Å²) in [6.45, 7) is 4.31. The minimum atomic E-state index is 0.633. The van der Waals surface area contributed by atoms with Crippen LogP contribution in [-0.2, 0) is 4.74 Å². The quantitative estimate of drug-likeness (QED) is 0.622. The highest BCUT2D eigenvalue weighted by Gasteiger charge is 2.14. The van der Waals surface area contributed by atoms with E-state index < -0.39 is 0 Å². The third kappa shape index (κ3) is 3.18. The van der Waals surface area contributed by atoms with E-state index in [1.807, 2.05) is 0 Å². The van der Waals surface area contributed by atoms with Gasteiger partial charge in [-0.2, -0.15) is 0 Å². The topological polar surface area (TPSA) is 24.5 Å². The monoisotopic (exact) mass is 158 g/mol. The predicted molar refractivity (Wildman–Crippen MR) is 45.8 cm³/mol. The molecule has 1 aliphatic rings. The van der Waals surface area contributed by atoms with Crippen molar-refractivity contribution in [3.05, 3.63) is 0 Å². The summed E-state index contributed by atoms with van der Waals surface area (Å²) in [6.07, 6.45) is 1.13. The third-order valence-electron chi connectivity index (χ3n) is 2.13. The number of hydrogen-bond donors (Lipinski definition) is 1. The number of nitrogens with zero attached hydrogens (tertiary/aromatic N) is 1. The van der Waals surface area contributed by atoms with Crippen LogP contribution in [0.15, 0.2) is 0 Å². The number of hydrogen-bond acceptors (Lipinski definition) is 3. The van der Waals surface area contributed by atoms with Crippen LogP contribution >= 0.6 is 0 Å². The van der Waals surface area contributed by atoms with Crippen molar-refractivity contribution in [2.45, 2.75) is 12.5 Å². The lowest BCUT2D eigenvalue weighted by Crippen LogP contribution is -2.49. The lowest BCUT2D eigenvalue weighted by atomic mass is 10.1. The summed E-state index contributed by atoms with van der Waals surface area (Å²) in [6, 6.07) is 0.633. The van der Waals surface area contributed by atoms with Gasteiger partial charge in [0.2, 0.25) is 0 Å². The van der Waals surface area contributed by atoms with Crippen LogP contribution in [0.4, 0.5) is 0 Å². The molecular weight excluding hydrogens is 140 g/mol. The molecule has 1 aliphatic heterocycles. The second-order valence-corrected chi connectivity index (χ2v) is 3.19. The fraction of sp³-hybridized carbons (Fsp3) is 1.00. The van der Waals surface area contributed by atoms with Crippen molar-refractivity contribution < 1.29 is 4.74 Å². The number of piperazine rings is 1. The number of nitrogens with one attached hydrogen (secondary N) is 1. The Kier molecular flexibility index (Phi) is 3.83. The van der Waals surface area contributed by atoms with Gasteiger partial charge in [0, 0.05) is 39.4 Å². The van der Waals surface area contributed by atoms with Crippen molar-refractivity contribution in [1.29, 1.82) is 0 Å². The van der Waals surface area contributed by atoms with Crippen molar-refractivity contribution in [2.75, 3.05) is 40.4 Å². The van der Waals surface area contributed by atoms with Gasteiger partial charge in [0.15, 0.2) is 0 Å². The van der Waals surface area contributed by atoms with Crippen LogP contribution in [0.2, 0.25) is 0 Å². The summed E-state index contributed by atoms with van der Waals surface area (Å²) in [5.74, 6) is 0. The zero-order valence-corrected chi connectivity index (χ0v) is 7.47. The molecule has 1 N–H and O–H groups in total. The molecule has 11 heavy (non-hydrogen) atoms. The molecule has 1 unspecified atom stereocenters. The Morgan fingerprint density at radius 3 is 3.09 bits per heavy atom. The Bertz CT molecular complexity index is 108. The fourth-order valence-corrected chi connectivity index (χ4v) is 1.45. The van der Waals surface area contributed by atoms with E-state index in [0.717, 1.165) is 26.1 Å². The normalized spacial score (nSPS) is 27.3. The lowest BCUT2D eigenvalue weighted by Gasteiger charge is -2.30. The molecule has 0 aromatic heterocycles. The van der Waals surface area contributed by atoms with Crippen LogP contribution in [0.25, 0.3) is 0 Å². The summed E-state index contributed by atoms with van der Waals surface area (Å²) in [5.41, 5.74) is 0. The van der Waals surface area contributed by atoms with E-state index in [0.29, 0.717) is 6.04 Å². The molecule has 0 amide bonds. The van der Waals surface area contributed by atoms with E-state index in [-0.39, 0.29) is 0 Å². The lowest BCUT2D eigenvalue weighted by molar-refractivity contribution is 0.158. The Hall–Kier alpha value is -0.120. The van der Waals surface area contributed by atoms with Crippen molar-refractivity contribution >= 4 is 0 Å². The van der Waals surface area contributed by atoms with Gasteiger partial charge < -0.3 is 15.0 Å². The second kappa shape index (κ2) is 4.70. The fourth-order valence-electron chi connectivity index (χ4n) is 1.45. The molecule has 3 nitrogen and oxygen atoms in total. The third-order valence-corrected chi connectivity index (χ3v) is 2.13. The van der Waals surface area contributed by atoms with Crippen LogP contribution in [0.1, 0.15) is 6.42 Å². The van der Waals surface area contributed by atoms with Crippen molar-refractivity contribution in [2.24, 2.45) is 0 Å². The van der Waals surface area contributed by atoms with Crippen molar-refractivity contribution in [1.82, 2.24) is 10.2 Å².